The van der Waals surface area contributed by atoms with E-state index in [1.165, 1.54) is 0 Å². The highest BCUT2D eigenvalue weighted by atomic mass is 32.2. The van der Waals surface area contributed by atoms with Gasteiger partial charge >= 0.3 is 0 Å². The summed E-state index contributed by atoms with van der Waals surface area (Å²) in [6.07, 6.45) is 2.01. The first kappa shape index (κ1) is 11.9. The molecule has 4 rings (SSSR count). The highest BCUT2D eigenvalue weighted by molar-refractivity contribution is 7.98. The number of thiophene rings is 1. The van der Waals surface area contributed by atoms with Crippen molar-refractivity contribution in [3.05, 3.63) is 51.4 Å². The molecule has 98 valence electrons. The monoisotopic (exact) mass is 298 g/mol. The van der Waals surface area contributed by atoms with Gasteiger partial charge in [-0.15, -0.1) is 23.1 Å². The van der Waals surface area contributed by atoms with Gasteiger partial charge in [0.05, 0.1) is 5.52 Å². The van der Waals surface area contributed by atoms with Crippen LogP contribution >= 0.6 is 23.1 Å². The number of pyridine rings is 1. The molecule has 3 aromatic heterocycles. The van der Waals surface area contributed by atoms with Gasteiger partial charge < -0.3 is 0 Å². The second kappa shape index (κ2) is 4.33. The lowest BCUT2D eigenvalue weighted by Crippen LogP contribution is -2.15. The number of aromatic nitrogens is 2. The van der Waals surface area contributed by atoms with Crippen LogP contribution in [0, 0.1) is 0 Å². The molecule has 0 spiro atoms. The number of rotatable bonds is 1. The molecule has 20 heavy (non-hydrogen) atoms. The summed E-state index contributed by atoms with van der Waals surface area (Å²) in [4.78, 5) is 17.4. The molecule has 5 heteroatoms. The van der Waals surface area contributed by atoms with Crippen LogP contribution in [0.15, 0.2) is 50.9 Å². The molecule has 0 aliphatic heterocycles. The van der Waals surface area contributed by atoms with Crippen molar-refractivity contribution in [3.63, 3.8) is 0 Å². The Morgan fingerprint density at radius 2 is 2.05 bits per heavy atom. The summed E-state index contributed by atoms with van der Waals surface area (Å²) < 4.78 is 1.72. The zero-order chi connectivity index (χ0) is 13.7. The van der Waals surface area contributed by atoms with Crippen molar-refractivity contribution in [1.82, 2.24) is 9.38 Å². The summed E-state index contributed by atoms with van der Waals surface area (Å²) >= 11 is 3.21. The Morgan fingerprint density at radius 1 is 1.20 bits per heavy atom. The minimum absolute atomic E-state index is 0.00153. The predicted molar refractivity (Wildman–Crippen MR) is 86.1 cm³/mol. The third-order valence-electron chi connectivity index (χ3n) is 3.43. The third kappa shape index (κ3) is 1.53. The van der Waals surface area contributed by atoms with Crippen molar-refractivity contribution in [2.24, 2.45) is 0 Å². The van der Waals surface area contributed by atoms with Gasteiger partial charge in [0.25, 0.3) is 5.56 Å². The summed E-state index contributed by atoms with van der Waals surface area (Å²) in [6, 6.07) is 9.63. The molecular formula is C15H10N2OS2. The average Bonchev–Trinajstić information content (AvgIpc) is 2.95. The van der Waals surface area contributed by atoms with Gasteiger partial charge in [0, 0.05) is 21.5 Å². The number of nitrogens with zero attached hydrogens (tertiary/aromatic N) is 2. The van der Waals surface area contributed by atoms with Crippen LogP contribution in [0.25, 0.3) is 27.3 Å². The van der Waals surface area contributed by atoms with Crippen LogP contribution in [0.4, 0.5) is 0 Å². The molecule has 0 saturated heterocycles. The lowest BCUT2D eigenvalue weighted by atomic mass is 10.1. The Labute approximate surface area is 122 Å². The van der Waals surface area contributed by atoms with E-state index in [4.69, 9.17) is 0 Å². The van der Waals surface area contributed by atoms with Crippen molar-refractivity contribution in [2.45, 2.75) is 5.03 Å². The average molecular weight is 298 g/mol. The van der Waals surface area contributed by atoms with E-state index in [0.717, 1.165) is 26.7 Å². The van der Waals surface area contributed by atoms with Crippen molar-refractivity contribution >= 4 is 50.4 Å². The first-order valence-electron chi connectivity index (χ1n) is 6.14. The number of fused-ring (bicyclic) bond motifs is 4. The first-order valence-corrected chi connectivity index (χ1v) is 8.31. The quantitative estimate of drug-likeness (QED) is 0.305. The van der Waals surface area contributed by atoms with Crippen molar-refractivity contribution < 1.29 is 0 Å². The van der Waals surface area contributed by atoms with Crippen molar-refractivity contribution in [1.29, 1.82) is 0 Å². The molecule has 3 heterocycles. The van der Waals surface area contributed by atoms with Crippen LogP contribution in [0.1, 0.15) is 0 Å². The first-order chi connectivity index (χ1) is 9.79. The van der Waals surface area contributed by atoms with E-state index in [2.05, 4.69) is 10.4 Å². The molecule has 4 aromatic rings. The third-order valence-corrected chi connectivity index (χ3v) is 4.86. The smallest absolute Gasteiger partial charge is 0.264 e. The summed E-state index contributed by atoms with van der Waals surface area (Å²) in [6.45, 7) is 0. The van der Waals surface area contributed by atoms with E-state index >= 15 is 0 Å². The Balaban J connectivity index is 2.35. The van der Waals surface area contributed by atoms with Gasteiger partial charge in [0.15, 0.2) is 0 Å². The molecule has 0 bridgehead atoms. The second-order valence-electron chi connectivity index (χ2n) is 4.52. The maximum atomic E-state index is 12.7. The number of benzene rings is 1. The molecule has 0 unspecified atom stereocenters. The molecule has 0 fully saturated rings. The Hall–Kier alpha value is -1.85. The topological polar surface area (TPSA) is 34.4 Å². The summed E-state index contributed by atoms with van der Waals surface area (Å²) in [5.41, 5.74) is 1.66. The largest absolute Gasteiger partial charge is 0.268 e. The van der Waals surface area contributed by atoms with Crippen LogP contribution in [0.3, 0.4) is 0 Å². The van der Waals surface area contributed by atoms with Crippen LogP contribution in [0.5, 0.6) is 0 Å². The van der Waals surface area contributed by atoms with Crippen LogP contribution < -0.4 is 5.56 Å². The zero-order valence-corrected chi connectivity index (χ0v) is 12.3. The molecule has 1 aromatic carbocycles. The maximum absolute atomic E-state index is 12.7. The molecule has 0 N–H and O–H groups in total. The van der Waals surface area contributed by atoms with E-state index < -0.39 is 0 Å². The lowest BCUT2D eigenvalue weighted by molar-refractivity contribution is 1.07. The molecule has 0 amide bonds. The van der Waals surface area contributed by atoms with Crippen molar-refractivity contribution in [2.75, 3.05) is 6.26 Å². The predicted octanol–water partition coefficient (Wildman–Crippen LogP) is 3.78. The normalized spacial score (nSPS) is 11.7. The molecule has 0 atom stereocenters. The van der Waals surface area contributed by atoms with Crippen LogP contribution in [-0.4, -0.2) is 15.6 Å². The van der Waals surface area contributed by atoms with E-state index in [1.54, 1.807) is 27.5 Å². The molecule has 0 aliphatic rings. The Morgan fingerprint density at radius 3 is 2.90 bits per heavy atom. The van der Waals surface area contributed by atoms with Gasteiger partial charge in [-0.1, -0.05) is 18.2 Å². The van der Waals surface area contributed by atoms with Crippen molar-refractivity contribution in [3.8, 4) is 0 Å². The molecular weight excluding hydrogens is 288 g/mol. The zero-order valence-electron chi connectivity index (χ0n) is 10.7. The fourth-order valence-corrected chi connectivity index (χ4v) is 3.94. The Kier molecular flexibility index (Phi) is 2.58. The molecule has 0 radical (unpaired) electrons. The van der Waals surface area contributed by atoms with Gasteiger partial charge in [-0.05, 0) is 23.8 Å². The number of hydrogen-bond donors (Lipinski definition) is 0. The SMILES string of the molecule is CSc1nc2cc3ccccc3c(=O)n2c2cscc12. The molecule has 0 aliphatic carbocycles. The standard InChI is InChI=1S/C15H10N2OS2/c1-19-14-11-7-20-8-12(11)17-13(16-14)6-9-4-2-3-5-10(9)15(17)18/h2-8H,1H3. The van der Waals surface area contributed by atoms with Gasteiger partial charge in [0.2, 0.25) is 0 Å². The van der Waals surface area contributed by atoms with Gasteiger partial charge in [0.1, 0.15) is 10.7 Å². The molecule has 0 saturated carbocycles. The fraction of sp³-hybridized carbons (Fsp3) is 0.0667. The van der Waals surface area contributed by atoms with Crippen LogP contribution in [0.2, 0.25) is 0 Å². The van der Waals surface area contributed by atoms with Gasteiger partial charge in [-0.25, -0.2) is 4.98 Å². The summed E-state index contributed by atoms with van der Waals surface area (Å²) in [7, 11) is 0. The number of thioether (sulfide) groups is 1. The molecule has 3 nitrogen and oxygen atoms in total. The second-order valence-corrected chi connectivity index (χ2v) is 6.06. The van der Waals surface area contributed by atoms with Gasteiger partial charge in [-0.2, -0.15) is 0 Å². The highest BCUT2D eigenvalue weighted by Gasteiger charge is 2.12. The van der Waals surface area contributed by atoms with Gasteiger partial charge in [-0.3, -0.25) is 9.20 Å². The van der Waals surface area contributed by atoms with E-state index in [1.807, 2.05) is 42.0 Å². The van der Waals surface area contributed by atoms with E-state index in [0.29, 0.717) is 5.65 Å². The maximum Gasteiger partial charge on any atom is 0.264 e. The summed E-state index contributed by atoms with van der Waals surface area (Å²) in [5, 5.41) is 7.75. The summed E-state index contributed by atoms with van der Waals surface area (Å²) in [5.74, 6) is 0. The Bertz CT molecular complexity index is 1020. The van der Waals surface area contributed by atoms with Crippen LogP contribution in [-0.2, 0) is 0 Å². The van der Waals surface area contributed by atoms with E-state index in [9.17, 15) is 4.79 Å². The number of hydrogen-bond acceptors (Lipinski definition) is 4. The minimum Gasteiger partial charge on any atom is -0.268 e. The highest BCUT2D eigenvalue weighted by Crippen LogP contribution is 2.28. The minimum atomic E-state index is 0.00153. The van der Waals surface area contributed by atoms with E-state index in [-0.39, 0.29) is 5.56 Å². The fourth-order valence-electron chi connectivity index (χ4n) is 2.50. The lowest BCUT2D eigenvalue weighted by Gasteiger charge is -2.07.